The van der Waals surface area contributed by atoms with E-state index in [0.717, 1.165) is 57.4 Å². The largest absolute Gasteiger partial charge is 0.488 e. The van der Waals surface area contributed by atoms with Crippen molar-refractivity contribution in [2.45, 2.75) is 63.6 Å². The average molecular weight is 397 g/mol. The Morgan fingerprint density at radius 2 is 2.10 bits per heavy atom. The first-order chi connectivity index (χ1) is 14.0. The van der Waals surface area contributed by atoms with Crippen LogP contribution in [0.2, 0.25) is 0 Å². The zero-order chi connectivity index (χ0) is 20.4. The second kappa shape index (κ2) is 8.33. The van der Waals surface area contributed by atoms with Gasteiger partial charge in [-0.25, -0.2) is 0 Å². The van der Waals surface area contributed by atoms with Gasteiger partial charge in [-0.15, -0.1) is 0 Å². The summed E-state index contributed by atoms with van der Waals surface area (Å²) in [7, 11) is 1.63. The first-order valence-corrected chi connectivity index (χ1v) is 10.8. The highest BCUT2D eigenvalue weighted by Gasteiger charge is 2.56. The molecule has 4 rings (SSSR count). The molecule has 0 bridgehead atoms. The van der Waals surface area contributed by atoms with Crippen LogP contribution in [0.15, 0.2) is 29.4 Å². The summed E-state index contributed by atoms with van der Waals surface area (Å²) in [5, 5.41) is 13.3. The van der Waals surface area contributed by atoms with Gasteiger partial charge in [0.15, 0.2) is 0 Å². The highest BCUT2D eigenvalue weighted by atomic mass is 16.6. The van der Waals surface area contributed by atoms with Crippen LogP contribution in [0.1, 0.15) is 51.0 Å². The number of nitrogens with zero attached hydrogens (tertiary/aromatic N) is 3. The number of fused-ring (bicyclic) bond motifs is 1. The van der Waals surface area contributed by atoms with Crippen molar-refractivity contribution in [1.82, 2.24) is 4.90 Å². The highest BCUT2D eigenvalue weighted by Crippen LogP contribution is 2.54. The summed E-state index contributed by atoms with van der Waals surface area (Å²) in [6, 6.07) is 10.3. The van der Waals surface area contributed by atoms with E-state index in [9.17, 15) is 0 Å². The minimum Gasteiger partial charge on any atom is -0.488 e. The minimum absolute atomic E-state index is 0.0901. The van der Waals surface area contributed by atoms with E-state index in [1.54, 1.807) is 7.11 Å². The van der Waals surface area contributed by atoms with E-state index in [-0.39, 0.29) is 17.6 Å². The molecule has 1 heterocycles. The Kier molecular flexibility index (Phi) is 5.80. The maximum absolute atomic E-state index is 9.08. The Labute approximate surface area is 173 Å². The number of nitrogens with two attached hydrogens (primary N) is 1. The summed E-state index contributed by atoms with van der Waals surface area (Å²) in [4.78, 5) is 7.64. The molecule has 0 radical (unpaired) electrons. The molecule has 6 heteroatoms. The van der Waals surface area contributed by atoms with E-state index in [4.69, 9.17) is 20.6 Å². The van der Waals surface area contributed by atoms with E-state index >= 15 is 0 Å². The second-order valence-corrected chi connectivity index (χ2v) is 9.12. The molecule has 5 atom stereocenters. The van der Waals surface area contributed by atoms with Gasteiger partial charge < -0.3 is 15.3 Å². The van der Waals surface area contributed by atoms with Crippen LogP contribution in [-0.4, -0.2) is 49.0 Å². The second-order valence-electron chi connectivity index (χ2n) is 9.12. The van der Waals surface area contributed by atoms with Gasteiger partial charge in [-0.1, -0.05) is 12.1 Å². The lowest BCUT2D eigenvalue weighted by atomic mass is 9.68. The number of nitriles is 1. The molecule has 0 amide bonds. The summed E-state index contributed by atoms with van der Waals surface area (Å²) in [6.07, 6.45) is 6.46. The van der Waals surface area contributed by atoms with Crippen LogP contribution in [0.5, 0.6) is 5.75 Å². The molecule has 0 unspecified atom stereocenters. The number of hydrogen-bond donors (Lipinski definition) is 1. The maximum Gasteiger partial charge on any atom is 0.120 e. The Hall–Kier alpha value is -2.10. The van der Waals surface area contributed by atoms with Crippen molar-refractivity contribution in [2.75, 3.05) is 20.2 Å². The van der Waals surface area contributed by atoms with E-state index in [1.165, 1.54) is 5.71 Å². The van der Waals surface area contributed by atoms with E-state index in [0.29, 0.717) is 17.5 Å². The number of rotatable bonds is 4. The predicted octanol–water partition coefficient (Wildman–Crippen LogP) is 3.31. The van der Waals surface area contributed by atoms with Gasteiger partial charge in [0.05, 0.1) is 17.3 Å². The Bertz CT molecular complexity index is 787. The first-order valence-electron chi connectivity index (χ1n) is 10.8. The number of ether oxygens (including phenoxy) is 1. The summed E-state index contributed by atoms with van der Waals surface area (Å²) < 4.78 is 6.68. The van der Waals surface area contributed by atoms with Crippen molar-refractivity contribution in [2.24, 2.45) is 22.2 Å². The zero-order valence-corrected chi connectivity index (χ0v) is 17.5. The topological polar surface area (TPSA) is 83.9 Å². The van der Waals surface area contributed by atoms with Crippen LogP contribution in [0.25, 0.3) is 0 Å². The zero-order valence-electron chi connectivity index (χ0n) is 17.5. The van der Waals surface area contributed by atoms with Crippen LogP contribution in [0, 0.1) is 22.7 Å². The standard InChI is InChI=1S/C23H32N4O2/c1-23-10-9-19(26-28-2)12-17(23)13-21(27-11-3-4-18(25)15-27)22(23)29-20-7-5-16(14-24)6-8-20/h5-8,17-18,21-22H,3-4,9-13,15,25H2,1-2H3/b26-19+/t17-,18+,21+,22-,23-/m0/s1. The summed E-state index contributed by atoms with van der Waals surface area (Å²) in [5.74, 6) is 1.37. The SMILES string of the molecule is CO/N=C1\CC[C@@]2(C)[C@@H](C1)C[C@@H](N1CCC[C@@H](N)C1)[C@@H]2Oc1ccc(C#N)cc1. The Morgan fingerprint density at radius 1 is 1.31 bits per heavy atom. The molecule has 2 aliphatic carbocycles. The molecule has 2 saturated carbocycles. The lowest BCUT2D eigenvalue weighted by molar-refractivity contribution is 0.00137. The van der Waals surface area contributed by atoms with E-state index in [1.807, 2.05) is 24.3 Å². The molecular formula is C23H32N4O2. The van der Waals surface area contributed by atoms with Gasteiger partial charge in [0.2, 0.25) is 0 Å². The van der Waals surface area contributed by atoms with Crippen LogP contribution >= 0.6 is 0 Å². The third-order valence-corrected chi connectivity index (χ3v) is 7.32. The van der Waals surface area contributed by atoms with E-state index in [2.05, 4.69) is 23.0 Å². The van der Waals surface area contributed by atoms with Crippen LogP contribution in [0.4, 0.5) is 0 Å². The first kappa shape index (κ1) is 20.2. The number of likely N-dealkylation sites (tertiary alicyclic amines) is 1. The molecule has 6 nitrogen and oxygen atoms in total. The van der Waals surface area contributed by atoms with Gasteiger partial charge >= 0.3 is 0 Å². The number of hydrogen-bond acceptors (Lipinski definition) is 6. The number of oxime groups is 1. The Balaban J connectivity index is 1.61. The molecular weight excluding hydrogens is 364 g/mol. The van der Waals surface area contributed by atoms with Crippen molar-refractivity contribution < 1.29 is 9.57 Å². The predicted molar refractivity (Wildman–Crippen MR) is 113 cm³/mol. The fourth-order valence-corrected chi connectivity index (χ4v) is 5.68. The van der Waals surface area contributed by atoms with Crippen LogP contribution in [-0.2, 0) is 4.84 Å². The van der Waals surface area contributed by atoms with Gasteiger partial charge in [0.1, 0.15) is 19.0 Å². The molecule has 0 aromatic heterocycles. The molecule has 3 fully saturated rings. The average Bonchev–Trinajstić information content (AvgIpc) is 3.01. The molecule has 1 aromatic rings. The van der Waals surface area contributed by atoms with Crippen molar-refractivity contribution in [3.63, 3.8) is 0 Å². The molecule has 1 aliphatic heterocycles. The van der Waals surface area contributed by atoms with Crippen LogP contribution in [0.3, 0.4) is 0 Å². The fraction of sp³-hybridized carbons (Fsp3) is 0.652. The van der Waals surface area contributed by atoms with Crippen molar-refractivity contribution >= 4 is 5.71 Å². The van der Waals surface area contributed by atoms with Crippen LogP contribution < -0.4 is 10.5 Å². The fourth-order valence-electron chi connectivity index (χ4n) is 5.68. The van der Waals surface area contributed by atoms with Gasteiger partial charge in [-0.05, 0) is 75.3 Å². The quantitative estimate of drug-likeness (QED) is 0.790. The normalized spacial score (nSPS) is 36.4. The summed E-state index contributed by atoms with van der Waals surface area (Å²) in [6.45, 7) is 4.42. The smallest absolute Gasteiger partial charge is 0.120 e. The molecule has 3 aliphatic rings. The van der Waals surface area contributed by atoms with Gasteiger partial charge in [-0.2, -0.15) is 5.26 Å². The van der Waals surface area contributed by atoms with E-state index < -0.39 is 0 Å². The minimum atomic E-state index is 0.0901. The number of piperidine rings is 1. The molecule has 0 spiro atoms. The summed E-state index contributed by atoms with van der Waals surface area (Å²) in [5.41, 5.74) is 8.23. The third-order valence-electron chi connectivity index (χ3n) is 7.32. The summed E-state index contributed by atoms with van der Waals surface area (Å²) >= 11 is 0. The van der Waals surface area contributed by atoms with Gasteiger partial charge in [-0.3, -0.25) is 4.90 Å². The molecule has 156 valence electrons. The Morgan fingerprint density at radius 3 is 2.79 bits per heavy atom. The number of benzene rings is 1. The molecule has 1 aromatic carbocycles. The monoisotopic (exact) mass is 396 g/mol. The van der Waals surface area contributed by atoms with Crippen molar-refractivity contribution in [3.8, 4) is 11.8 Å². The van der Waals surface area contributed by atoms with Gasteiger partial charge in [0, 0.05) is 24.0 Å². The molecule has 29 heavy (non-hydrogen) atoms. The maximum atomic E-state index is 9.08. The molecule has 2 N–H and O–H groups in total. The lowest BCUT2D eigenvalue weighted by Crippen LogP contribution is -2.54. The molecule has 1 saturated heterocycles. The van der Waals surface area contributed by atoms with Crippen molar-refractivity contribution in [1.29, 1.82) is 5.26 Å². The highest BCUT2D eigenvalue weighted by molar-refractivity contribution is 5.85. The van der Waals surface area contributed by atoms with Crippen molar-refractivity contribution in [3.05, 3.63) is 29.8 Å². The van der Waals surface area contributed by atoms with Gasteiger partial charge in [0.25, 0.3) is 0 Å². The third kappa shape index (κ3) is 3.99. The lowest BCUT2D eigenvalue weighted by Gasteiger charge is -2.43.